The van der Waals surface area contributed by atoms with Crippen LogP contribution in [0.2, 0.25) is 0 Å². The third-order valence-electron chi connectivity index (χ3n) is 5.43. The minimum atomic E-state index is -0.267. The fourth-order valence-corrected chi connectivity index (χ4v) is 3.91. The van der Waals surface area contributed by atoms with E-state index in [-0.39, 0.29) is 17.2 Å². The summed E-state index contributed by atoms with van der Waals surface area (Å²) in [5.74, 6) is 0.749. The zero-order valence-electron chi connectivity index (χ0n) is 16.1. The average molecular weight is 384 g/mol. The van der Waals surface area contributed by atoms with E-state index in [2.05, 4.69) is 17.0 Å². The number of aromatic nitrogens is 1. The summed E-state index contributed by atoms with van der Waals surface area (Å²) < 4.78 is 7.60. The minimum Gasteiger partial charge on any atom is -0.490 e. The van der Waals surface area contributed by atoms with Crippen LogP contribution in [0.25, 0.3) is 10.9 Å². The van der Waals surface area contributed by atoms with Gasteiger partial charge in [-0.1, -0.05) is 18.2 Å². The number of para-hydroxylation sites is 1. The number of piperidine rings is 1. The number of benzene rings is 2. The number of pyridine rings is 1. The van der Waals surface area contributed by atoms with Crippen molar-refractivity contribution in [2.24, 2.45) is 7.05 Å². The molecule has 1 fully saturated rings. The lowest BCUT2D eigenvalue weighted by atomic mass is 10.0. The van der Waals surface area contributed by atoms with Crippen molar-refractivity contribution in [1.82, 2.24) is 4.57 Å². The summed E-state index contributed by atoms with van der Waals surface area (Å²) in [5, 5.41) is 19.5. The van der Waals surface area contributed by atoms with Crippen molar-refractivity contribution in [3.8, 4) is 17.9 Å². The van der Waals surface area contributed by atoms with Crippen LogP contribution in [0.1, 0.15) is 24.0 Å². The molecule has 6 heteroatoms. The van der Waals surface area contributed by atoms with Gasteiger partial charge in [-0.15, -0.1) is 0 Å². The van der Waals surface area contributed by atoms with Gasteiger partial charge >= 0.3 is 0 Å². The monoisotopic (exact) mass is 384 g/mol. The van der Waals surface area contributed by atoms with Crippen LogP contribution in [0.3, 0.4) is 0 Å². The van der Waals surface area contributed by atoms with E-state index in [0.29, 0.717) is 18.7 Å². The third kappa shape index (κ3) is 3.41. The molecule has 1 aromatic heterocycles. The number of aryl methyl sites for hydroxylation is 1. The Hall–Kier alpha value is -3.77. The fraction of sp³-hybridized carbons (Fsp3) is 0.261. The highest BCUT2D eigenvalue weighted by Crippen LogP contribution is 2.31. The summed E-state index contributed by atoms with van der Waals surface area (Å²) in [6.07, 6.45) is 1.63. The third-order valence-corrected chi connectivity index (χ3v) is 5.43. The van der Waals surface area contributed by atoms with Gasteiger partial charge in [-0.05, 0) is 30.3 Å². The molecular weight excluding hydrogens is 364 g/mol. The second-order valence-electron chi connectivity index (χ2n) is 7.16. The minimum absolute atomic E-state index is 0.0579. The molecule has 144 valence electrons. The second kappa shape index (κ2) is 7.69. The number of hydrogen-bond donors (Lipinski definition) is 0. The highest BCUT2D eigenvalue weighted by molar-refractivity contribution is 5.94. The van der Waals surface area contributed by atoms with Gasteiger partial charge in [-0.2, -0.15) is 10.5 Å². The lowest BCUT2D eigenvalue weighted by Crippen LogP contribution is -2.40. The number of ether oxygens (including phenoxy) is 1. The zero-order valence-corrected chi connectivity index (χ0v) is 16.1. The Balaban J connectivity index is 1.58. The summed E-state index contributed by atoms with van der Waals surface area (Å²) >= 11 is 0. The first-order valence-electron chi connectivity index (χ1n) is 9.56. The van der Waals surface area contributed by atoms with E-state index >= 15 is 0 Å². The molecule has 1 saturated heterocycles. The normalized spacial score (nSPS) is 14.4. The molecule has 1 aliphatic heterocycles. The molecule has 3 aromatic rings. The lowest BCUT2D eigenvalue weighted by Gasteiger charge is -2.35. The molecule has 0 spiro atoms. The molecule has 29 heavy (non-hydrogen) atoms. The van der Waals surface area contributed by atoms with Gasteiger partial charge in [0.15, 0.2) is 0 Å². The van der Waals surface area contributed by atoms with Crippen molar-refractivity contribution in [2.45, 2.75) is 18.9 Å². The molecule has 0 unspecified atom stereocenters. The smallest absolute Gasteiger partial charge is 0.270 e. The quantitative estimate of drug-likeness (QED) is 0.692. The molecule has 0 aliphatic carbocycles. The maximum Gasteiger partial charge on any atom is 0.270 e. The molecule has 6 nitrogen and oxygen atoms in total. The van der Waals surface area contributed by atoms with Crippen LogP contribution in [0.5, 0.6) is 5.75 Å². The molecule has 4 rings (SSSR count). The summed E-state index contributed by atoms with van der Waals surface area (Å²) in [5.41, 5.74) is 2.08. The number of nitriles is 2. The van der Waals surface area contributed by atoms with E-state index < -0.39 is 0 Å². The average Bonchev–Trinajstić information content (AvgIpc) is 2.77. The first-order valence-corrected chi connectivity index (χ1v) is 9.56. The van der Waals surface area contributed by atoms with Crippen LogP contribution >= 0.6 is 0 Å². The molecule has 2 aromatic carbocycles. The predicted octanol–water partition coefficient (Wildman–Crippen LogP) is 3.33. The molecule has 1 aliphatic rings. The molecule has 0 N–H and O–H groups in total. The molecule has 2 heterocycles. The first-order chi connectivity index (χ1) is 14.1. The van der Waals surface area contributed by atoms with Gasteiger partial charge in [-0.25, -0.2) is 0 Å². The Morgan fingerprint density at radius 3 is 2.34 bits per heavy atom. The van der Waals surface area contributed by atoms with Crippen LogP contribution in [-0.2, 0) is 7.05 Å². The van der Waals surface area contributed by atoms with E-state index in [4.69, 9.17) is 10.00 Å². The van der Waals surface area contributed by atoms with E-state index in [1.807, 2.05) is 36.4 Å². The van der Waals surface area contributed by atoms with Crippen molar-refractivity contribution >= 4 is 16.6 Å². The maximum atomic E-state index is 12.7. The standard InChI is InChI=1S/C23H20N4O2/c1-26-21-5-3-2-4-19(21)22(20(15-25)23(26)28)27-12-10-18(11-13-27)29-17-8-6-16(14-24)7-9-17/h2-9,18H,10-13H2,1H3. The molecule has 0 bridgehead atoms. The van der Waals surface area contributed by atoms with Crippen molar-refractivity contribution in [1.29, 1.82) is 10.5 Å². The van der Waals surface area contributed by atoms with Crippen molar-refractivity contribution in [3.05, 3.63) is 70.0 Å². The van der Waals surface area contributed by atoms with Crippen LogP contribution in [0.4, 0.5) is 5.69 Å². The largest absolute Gasteiger partial charge is 0.490 e. The van der Waals surface area contributed by atoms with Crippen molar-refractivity contribution < 1.29 is 4.74 Å². The highest BCUT2D eigenvalue weighted by Gasteiger charge is 2.26. The van der Waals surface area contributed by atoms with Crippen LogP contribution in [0, 0.1) is 22.7 Å². The Labute approximate surface area is 168 Å². The van der Waals surface area contributed by atoms with Crippen LogP contribution in [-0.4, -0.2) is 23.8 Å². The molecular formula is C23H20N4O2. The van der Waals surface area contributed by atoms with E-state index in [9.17, 15) is 10.1 Å². The SMILES string of the molecule is Cn1c(=O)c(C#N)c(N2CCC(Oc3ccc(C#N)cc3)CC2)c2ccccc21. The van der Waals surface area contributed by atoms with Crippen molar-refractivity contribution in [3.63, 3.8) is 0 Å². The predicted molar refractivity (Wildman–Crippen MR) is 111 cm³/mol. The molecule has 0 atom stereocenters. The summed E-state index contributed by atoms with van der Waals surface area (Å²) in [6.45, 7) is 1.40. The van der Waals surface area contributed by atoms with Gasteiger partial charge < -0.3 is 14.2 Å². The number of rotatable bonds is 3. The Bertz CT molecular complexity index is 1190. The van der Waals surface area contributed by atoms with Crippen LogP contribution < -0.4 is 15.2 Å². The first kappa shape index (κ1) is 18.6. The van der Waals surface area contributed by atoms with E-state index in [1.54, 1.807) is 19.2 Å². The van der Waals surface area contributed by atoms with Crippen LogP contribution in [0.15, 0.2) is 53.3 Å². The lowest BCUT2D eigenvalue weighted by molar-refractivity contribution is 0.171. The number of nitrogens with zero attached hydrogens (tertiary/aromatic N) is 4. The van der Waals surface area contributed by atoms with Crippen molar-refractivity contribution in [2.75, 3.05) is 18.0 Å². The Kier molecular flexibility index (Phi) is 4.93. The summed E-state index contributed by atoms with van der Waals surface area (Å²) in [4.78, 5) is 14.8. The Morgan fingerprint density at radius 2 is 1.69 bits per heavy atom. The summed E-state index contributed by atoms with van der Waals surface area (Å²) in [6, 6.07) is 19.0. The van der Waals surface area contributed by atoms with Gasteiger partial charge in [0.2, 0.25) is 0 Å². The molecule has 0 saturated carbocycles. The maximum absolute atomic E-state index is 12.7. The van der Waals surface area contributed by atoms with Gasteiger partial charge in [0.25, 0.3) is 5.56 Å². The second-order valence-corrected chi connectivity index (χ2v) is 7.16. The topological polar surface area (TPSA) is 82.1 Å². The van der Waals surface area contributed by atoms with E-state index in [0.717, 1.165) is 35.2 Å². The highest BCUT2D eigenvalue weighted by atomic mass is 16.5. The van der Waals surface area contributed by atoms with Gasteiger partial charge in [0.1, 0.15) is 23.5 Å². The van der Waals surface area contributed by atoms with Gasteiger partial charge in [0, 0.05) is 38.4 Å². The van der Waals surface area contributed by atoms with E-state index in [1.165, 1.54) is 4.57 Å². The number of hydrogen-bond acceptors (Lipinski definition) is 5. The summed E-state index contributed by atoms with van der Waals surface area (Å²) in [7, 11) is 1.70. The fourth-order valence-electron chi connectivity index (χ4n) is 3.91. The number of anilines is 1. The number of fused-ring (bicyclic) bond motifs is 1. The molecule has 0 amide bonds. The van der Waals surface area contributed by atoms with Gasteiger partial charge in [0.05, 0.1) is 22.8 Å². The Morgan fingerprint density at radius 1 is 1.00 bits per heavy atom. The molecule has 0 radical (unpaired) electrons. The zero-order chi connectivity index (χ0) is 20.4. The van der Waals surface area contributed by atoms with Gasteiger partial charge in [-0.3, -0.25) is 4.79 Å².